The standard InChI is InChI=1S/C14H19F2N/c1-9-3-2-4-10(7-9)14(17)12-8-11(15)5-6-13(12)16/h5-6,8-10,14H,2-4,7,17H2,1H3. The third-order valence-electron chi connectivity index (χ3n) is 3.80. The van der Waals surface area contributed by atoms with Gasteiger partial charge >= 0.3 is 0 Å². The van der Waals surface area contributed by atoms with Gasteiger partial charge in [-0.2, -0.15) is 0 Å². The molecule has 2 rings (SSSR count). The van der Waals surface area contributed by atoms with Crippen LogP contribution in [0.1, 0.15) is 44.2 Å². The molecular formula is C14H19F2N. The van der Waals surface area contributed by atoms with Gasteiger partial charge in [0, 0.05) is 11.6 Å². The van der Waals surface area contributed by atoms with Gasteiger partial charge in [-0.15, -0.1) is 0 Å². The van der Waals surface area contributed by atoms with Crippen LogP contribution in [-0.2, 0) is 0 Å². The number of benzene rings is 1. The SMILES string of the molecule is CC1CCCC(C(N)c2cc(F)ccc2F)C1. The monoisotopic (exact) mass is 239 g/mol. The fraction of sp³-hybridized carbons (Fsp3) is 0.571. The van der Waals surface area contributed by atoms with Crippen LogP contribution >= 0.6 is 0 Å². The van der Waals surface area contributed by atoms with Crippen molar-refractivity contribution in [2.75, 3.05) is 0 Å². The Hall–Kier alpha value is -0.960. The molecule has 0 aliphatic heterocycles. The number of hydrogen-bond acceptors (Lipinski definition) is 1. The fourth-order valence-corrected chi connectivity index (χ4v) is 2.83. The van der Waals surface area contributed by atoms with E-state index in [9.17, 15) is 8.78 Å². The third-order valence-corrected chi connectivity index (χ3v) is 3.80. The molecule has 1 aromatic carbocycles. The van der Waals surface area contributed by atoms with Crippen molar-refractivity contribution in [2.24, 2.45) is 17.6 Å². The zero-order chi connectivity index (χ0) is 12.4. The first-order valence-corrected chi connectivity index (χ1v) is 6.28. The second-order valence-electron chi connectivity index (χ2n) is 5.22. The van der Waals surface area contributed by atoms with Crippen LogP contribution in [0, 0.1) is 23.5 Å². The lowest BCUT2D eigenvalue weighted by atomic mass is 9.77. The van der Waals surface area contributed by atoms with Gasteiger partial charge in [0.05, 0.1) is 0 Å². The van der Waals surface area contributed by atoms with Crippen molar-refractivity contribution in [2.45, 2.75) is 38.6 Å². The average Bonchev–Trinajstić information content (AvgIpc) is 2.31. The lowest BCUT2D eigenvalue weighted by Gasteiger charge is -2.31. The first kappa shape index (κ1) is 12.5. The summed E-state index contributed by atoms with van der Waals surface area (Å²) in [5, 5.41) is 0. The molecule has 3 atom stereocenters. The van der Waals surface area contributed by atoms with Crippen molar-refractivity contribution in [1.82, 2.24) is 0 Å². The Kier molecular flexibility index (Phi) is 3.77. The molecule has 2 N–H and O–H groups in total. The van der Waals surface area contributed by atoms with E-state index in [-0.39, 0.29) is 12.0 Å². The molecule has 0 radical (unpaired) electrons. The van der Waals surface area contributed by atoms with Crippen LogP contribution in [0.4, 0.5) is 8.78 Å². The molecule has 3 unspecified atom stereocenters. The van der Waals surface area contributed by atoms with E-state index in [1.807, 2.05) is 0 Å². The summed E-state index contributed by atoms with van der Waals surface area (Å²) in [5.74, 6) is 0.101. The summed E-state index contributed by atoms with van der Waals surface area (Å²) >= 11 is 0. The highest BCUT2D eigenvalue weighted by Gasteiger charge is 2.27. The first-order valence-electron chi connectivity index (χ1n) is 6.28. The van der Waals surface area contributed by atoms with Crippen LogP contribution < -0.4 is 5.73 Å². The number of halogens is 2. The molecule has 0 aromatic heterocycles. The van der Waals surface area contributed by atoms with E-state index < -0.39 is 11.6 Å². The summed E-state index contributed by atoms with van der Waals surface area (Å²) in [4.78, 5) is 0. The van der Waals surface area contributed by atoms with E-state index in [1.165, 1.54) is 12.5 Å². The number of rotatable bonds is 2. The molecule has 0 saturated heterocycles. The maximum absolute atomic E-state index is 13.6. The smallest absolute Gasteiger partial charge is 0.128 e. The maximum Gasteiger partial charge on any atom is 0.128 e. The Morgan fingerprint density at radius 3 is 2.76 bits per heavy atom. The summed E-state index contributed by atoms with van der Waals surface area (Å²) in [5.41, 5.74) is 6.42. The Labute approximate surface area is 101 Å². The molecule has 1 saturated carbocycles. The zero-order valence-corrected chi connectivity index (χ0v) is 10.1. The van der Waals surface area contributed by atoms with Gasteiger partial charge in [-0.25, -0.2) is 8.78 Å². The number of hydrogen-bond donors (Lipinski definition) is 1. The molecule has 1 fully saturated rings. The van der Waals surface area contributed by atoms with Crippen molar-refractivity contribution in [3.05, 3.63) is 35.4 Å². The molecular weight excluding hydrogens is 220 g/mol. The van der Waals surface area contributed by atoms with E-state index in [4.69, 9.17) is 5.73 Å². The van der Waals surface area contributed by atoms with E-state index in [1.54, 1.807) is 0 Å². The Bertz CT molecular complexity index is 392. The minimum absolute atomic E-state index is 0.273. The van der Waals surface area contributed by atoms with Gasteiger partial charge < -0.3 is 5.73 Å². The van der Waals surface area contributed by atoms with Crippen LogP contribution in [0.2, 0.25) is 0 Å². The van der Waals surface area contributed by atoms with Crippen LogP contribution in [0.3, 0.4) is 0 Å². The van der Waals surface area contributed by atoms with Gasteiger partial charge in [-0.3, -0.25) is 0 Å². The highest BCUT2D eigenvalue weighted by molar-refractivity contribution is 5.22. The van der Waals surface area contributed by atoms with Gasteiger partial charge in [0.2, 0.25) is 0 Å². The second kappa shape index (κ2) is 5.13. The quantitative estimate of drug-likeness (QED) is 0.834. The molecule has 1 nitrogen and oxygen atoms in total. The summed E-state index contributed by atoms with van der Waals surface area (Å²) in [6.45, 7) is 2.20. The Balaban J connectivity index is 2.18. The van der Waals surface area contributed by atoms with Gasteiger partial charge in [-0.1, -0.05) is 19.8 Å². The molecule has 0 spiro atoms. The highest BCUT2D eigenvalue weighted by atomic mass is 19.1. The summed E-state index contributed by atoms with van der Waals surface area (Å²) < 4.78 is 26.8. The van der Waals surface area contributed by atoms with E-state index >= 15 is 0 Å². The molecule has 1 aliphatic rings. The molecule has 0 heterocycles. The Morgan fingerprint density at radius 2 is 2.06 bits per heavy atom. The highest BCUT2D eigenvalue weighted by Crippen LogP contribution is 2.36. The number of nitrogens with two attached hydrogens (primary N) is 1. The minimum atomic E-state index is -0.416. The second-order valence-corrected chi connectivity index (χ2v) is 5.22. The van der Waals surface area contributed by atoms with E-state index in [2.05, 4.69) is 6.92 Å². The normalized spacial score (nSPS) is 26.8. The van der Waals surface area contributed by atoms with E-state index in [0.717, 1.165) is 31.4 Å². The molecule has 94 valence electrons. The predicted octanol–water partition coefficient (Wildman–Crippen LogP) is 3.79. The fourth-order valence-electron chi connectivity index (χ4n) is 2.83. The molecule has 3 heteroatoms. The lowest BCUT2D eigenvalue weighted by molar-refractivity contribution is 0.245. The summed E-state index contributed by atoms with van der Waals surface area (Å²) in [6.07, 6.45) is 4.38. The average molecular weight is 239 g/mol. The van der Waals surface area contributed by atoms with Gasteiger partial charge in [-0.05, 0) is 42.9 Å². The van der Waals surface area contributed by atoms with Crippen molar-refractivity contribution in [3.8, 4) is 0 Å². The van der Waals surface area contributed by atoms with Crippen LogP contribution in [0.25, 0.3) is 0 Å². The van der Waals surface area contributed by atoms with Crippen molar-refractivity contribution < 1.29 is 8.78 Å². The molecule has 1 aromatic rings. The summed E-state index contributed by atoms with van der Waals surface area (Å²) in [7, 11) is 0. The van der Waals surface area contributed by atoms with Crippen LogP contribution in [0.5, 0.6) is 0 Å². The Morgan fingerprint density at radius 1 is 1.29 bits per heavy atom. The van der Waals surface area contributed by atoms with Crippen LogP contribution in [0.15, 0.2) is 18.2 Å². The molecule has 17 heavy (non-hydrogen) atoms. The third kappa shape index (κ3) is 2.83. The molecule has 1 aliphatic carbocycles. The van der Waals surface area contributed by atoms with Gasteiger partial charge in [0.25, 0.3) is 0 Å². The summed E-state index contributed by atoms with van der Waals surface area (Å²) in [6, 6.07) is 3.15. The van der Waals surface area contributed by atoms with Gasteiger partial charge in [0.15, 0.2) is 0 Å². The maximum atomic E-state index is 13.6. The van der Waals surface area contributed by atoms with Crippen molar-refractivity contribution in [3.63, 3.8) is 0 Å². The van der Waals surface area contributed by atoms with E-state index in [0.29, 0.717) is 11.5 Å². The largest absolute Gasteiger partial charge is 0.324 e. The lowest BCUT2D eigenvalue weighted by Crippen LogP contribution is -2.27. The molecule has 0 amide bonds. The topological polar surface area (TPSA) is 26.0 Å². The predicted molar refractivity (Wildman–Crippen MR) is 64.4 cm³/mol. The van der Waals surface area contributed by atoms with Crippen molar-refractivity contribution in [1.29, 1.82) is 0 Å². The first-order chi connectivity index (χ1) is 8.08. The minimum Gasteiger partial charge on any atom is -0.324 e. The van der Waals surface area contributed by atoms with Crippen LogP contribution in [-0.4, -0.2) is 0 Å². The molecule has 0 bridgehead atoms. The zero-order valence-electron chi connectivity index (χ0n) is 10.1. The van der Waals surface area contributed by atoms with Crippen molar-refractivity contribution >= 4 is 0 Å². The van der Waals surface area contributed by atoms with Gasteiger partial charge in [0.1, 0.15) is 11.6 Å².